The minimum absolute atomic E-state index is 0.0210. The van der Waals surface area contributed by atoms with Crippen molar-refractivity contribution in [2.24, 2.45) is 0 Å². The molecule has 0 spiro atoms. The maximum absolute atomic E-state index is 11.7. The van der Waals surface area contributed by atoms with Gasteiger partial charge in [0.2, 0.25) is 0 Å². The Balaban J connectivity index is 2.40. The number of allylic oxidation sites excluding steroid dienone is 6. The van der Waals surface area contributed by atoms with Gasteiger partial charge < -0.3 is 10.6 Å². The minimum atomic E-state index is -0.0210. The highest BCUT2D eigenvalue weighted by Crippen LogP contribution is 2.01. The van der Waals surface area contributed by atoms with Gasteiger partial charge in [0, 0.05) is 12.1 Å². The Morgan fingerprint density at radius 2 is 1.88 bits per heavy atom. The van der Waals surface area contributed by atoms with Gasteiger partial charge in [-0.15, -0.1) is 0 Å². The van der Waals surface area contributed by atoms with Crippen LogP contribution in [0.3, 0.4) is 0 Å². The zero-order valence-electron chi connectivity index (χ0n) is 9.57. The number of nitrogens with one attached hydrogen (secondary N) is 2. The topological polar surface area (TPSA) is 41.1 Å². The van der Waals surface area contributed by atoms with Crippen molar-refractivity contribution in [3.8, 4) is 0 Å². The SMILES string of the molecule is CNCCCNC(=O)C1=C/C=C\C=C/C=C\1. The lowest BCUT2D eigenvalue weighted by Crippen LogP contribution is -2.27. The molecular weight excluding hydrogens is 200 g/mol. The third-order valence-corrected chi connectivity index (χ3v) is 2.15. The van der Waals surface area contributed by atoms with Crippen LogP contribution in [0.4, 0.5) is 0 Å². The normalized spacial score (nSPS) is 23.4. The maximum Gasteiger partial charge on any atom is 0.251 e. The van der Waals surface area contributed by atoms with Crippen LogP contribution in [-0.2, 0) is 4.79 Å². The number of carbonyl (C=O) groups is 1. The average Bonchev–Trinajstić information content (AvgIpc) is 2.23. The fraction of sp³-hybridized carbons (Fsp3) is 0.308. The zero-order valence-corrected chi connectivity index (χ0v) is 9.57. The Hall–Kier alpha value is -1.61. The lowest BCUT2D eigenvalue weighted by Gasteiger charge is -2.05. The van der Waals surface area contributed by atoms with Crippen molar-refractivity contribution in [3.05, 3.63) is 48.1 Å². The Morgan fingerprint density at radius 3 is 2.69 bits per heavy atom. The molecule has 1 rings (SSSR count). The van der Waals surface area contributed by atoms with Crippen LogP contribution in [0.2, 0.25) is 0 Å². The molecule has 0 saturated carbocycles. The molecule has 0 bridgehead atoms. The van der Waals surface area contributed by atoms with E-state index in [1.165, 1.54) is 0 Å². The van der Waals surface area contributed by atoms with Crippen molar-refractivity contribution < 1.29 is 4.79 Å². The summed E-state index contributed by atoms with van der Waals surface area (Å²) < 4.78 is 0. The second-order valence-electron chi connectivity index (χ2n) is 3.46. The van der Waals surface area contributed by atoms with E-state index in [0.717, 1.165) is 13.0 Å². The quantitative estimate of drug-likeness (QED) is 0.683. The van der Waals surface area contributed by atoms with Crippen LogP contribution in [0.25, 0.3) is 0 Å². The van der Waals surface area contributed by atoms with Gasteiger partial charge >= 0.3 is 0 Å². The number of amides is 1. The predicted molar refractivity (Wildman–Crippen MR) is 67.1 cm³/mol. The Labute approximate surface area is 96.6 Å². The Morgan fingerprint density at radius 1 is 1.12 bits per heavy atom. The van der Waals surface area contributed by atoms with E-state index in [9.17, 15) is 4.79 Å². The maximum atomic E-state index is 11.7. The third kappa shape index (κ3) is 4.75. The van der Waals surface area contributed by atoms with Gasteiger partial charge in [-0.3, -0.25) is 4.79 Å². The Bertz CT molecular complexity index is 338. The fourth-order valence-electron chi connectivity index (χ4n) is 1.29. The molecule has 0 aliphatic heterocycles. The van der Waals surface area contributed by atoms with Crippen molar-refractivity contribution in [1.82, 2.24) is 10.6 Å². The molecule has 86 valence electrons. The van der Waals surface area contributed by atoms with E-state index in [1.54, 1.807) is 0 Å². The van der Waals surface area contributed by atoms with Crippen molar-refractivity contribution in [2.75, 3.05) is 20.1 Å². The third-order valence-electron chi connectivity index (χ3n) is 2.15. The van der Waals surface area contributed by atoms with Crippen LogP contribution < -0.4 is 10.6 Å². The molecule has 1 aliphatic rings. The van der Waals surface area contributed by atoms with Gasteiger partial charge in [0.1, 0.15) is 0 Å². The van der Waals surface area contributed by atoms with Crippen LogP contribution in [0, 0.1) is 0 Å². The highest BCUT2D eigenvalue weighted by molar-refractivity contribution is 5.96. The number of hydrogen-bond donors (Lipinski definition) is 2. The molecule has 0 aromatic heterocycles. The number of rotatable bonds is 5. The van der Waals surface area contributed by atoms with E-state index >= 15 is 0 Å². The smallest absolute Gasteiger partial charge is 0.251 e. The summed E-state index contributed by atoms with van der Waals surface area (Å²) in [4.78, 5) is 11.7. The molecule has 3 heteroatoms. The van der Waals surface area contributed by atoms with E-state index in [-0.39, 0.29) is 5.91 Å². The zero-order chi connectivity index (χ0) is 11.6. The summed E-state index contributed by atoms with van der Waals surface area (Å²) in [6, 6.07) is 0. The summed E-state index contributed by atoms with van der Waals surface area (Å²) in [6.45, 7) is 1.61. The first-order valence-electron chi connectivity index (χ1n) is 5.49. The summed E-state index contributed by atoms with van der Waals surface area (Å²) in [5, 5.41) is 5.92. The molecule has 16 heavy (non-hydrogen) atoms. The summed E-state index contributed by atoms with van der Waals surface area (Å²) in [7, 11) is 1.90. The van der Waals surface area contributed by atoms with Crippen LogP contribution in [0.5, 0.6) is 0 Å². The van der Waals surface area contributed by atoms with E-state index in [1.807, 2.05) is 49.6 Å². The molecule has 0 aromatic rings. The largest absolute Gasteiger partial charge is 0.352 e. The first-order valence-corrected chi connectivity index (χ1v) is 5.49. The fourth-order valence-corrected chi connectivity index (χ4v) is 1.29. The molecule has 0 radical (unpaired) electrons. The molecule has 3 nitrogen and oxygen atoms in total. The van der Waals surface area contributed by atoms with E-state index in [4.69, 9.17) is 0 Å². The van der Waals surface area contributed by atoms with E-state index < -0.39 is 0 Å². The molecule has 0 atom stereocenters. The van der Waals surface area contributed by atoms with E-state index in [0.29, 0.717) is 12.1 Å². The predicted octanol–water partition coefficient (Wildman–Crippen LogP) is 1.32. The molecule has 0 heterocycles. The van der Waals surface area contributed by atoms with Gasteiger partial charge in [-0.2, -0.15) is 0 Å². The van der Waals surface area contributed by atoms with Crippen molar-refractivity contribution in [2.45, 2.75) is 6.42 Å². The first-order chi connectivity index (χ1) is 7.84. The first kappa shape index (κ1) is 12.5. The van der Waals surface area contributed by atoms with Crippen LogP contribution in [-0.4, -0.2) is 26.0 Å². The molecular formula is C13H18N2O. The van der Waals surface area contributed by atoms with Crippen molar-refractivity contribution in [3.63, 3.8) is 0 Å². The highest BCUT2D eigenvalue weighted by atomic mass is 16.1. The highest BCUT2D eigenvalue weighted by Gasteiger charge is 2.03. The van der Waals surface area contributed by atoms with Gasteiger partial charge in [0.25, 0.3) is 5.91 Å². The second kappa shape index (κ2) is 7.65. The molecule has 0 fully saturated rings. The molecule has 0 unspecified atom stereocenters. The lowest BCUT2D eigenvalue weighted by atomic mass is 10.1. The standard InChI is InChI=1S/C13H18N2O/c1-14-10-7-11-15-13(16)12-8-5-3-2-4-6-9-12/h2-6,8-9,14H,7,10-11H2,1H3,(H,15,16)/b3-2-,4-2?,5-3?,6-4-,8-5-,9-6?,12-8?,12-9+. The van der Waals surface area contributed by atoms with E-state index in [2.05, 4.69) is 10.6 Å². The molecule has 1 aliphatic carbocycles. The van der Waals surface area contributed by atoms with Gasteiger partial charge in [-0.05, 0) is 32.2 Å². The molecule has 1 amide bonds. The van der Waals surface area contributed by atoms with Gasteiger partial charge in [0.15, 0.2) is 0 Å². The van der Waals surface area contributed by atoms with Gasteiger partial charge in [-0.25, -0.2) is 0 Å². The molecule has 0 aromatic carbocycles. The number of carbonyl (C=O) groups excluding carboxylic acids is 1. The van der Waals surface area contributed by atoms with Gasteiger partial charge in [-0.1, -0.05) is 30.4 Å². The lowest BCUT2D eigenvalue weighted by molar-refractivity contribution is -0.117. The van der Waals surface area contributed by atoms with Crippen molar-refractivity contribution in [1.29, 1.82) is 0 Å². The Kier molecular flexibility index (Phi) is 5.96. The monoisotopic (exact) mass is 218 g/mol. The minimum Gasteiger partial charge on any atom is -0.352 e. The summed E-state index contributed by atoms with van der Waals surface area (Å²) in [5.74, 6) is -0.0210. The second-order valence-corrected chi connectivity index (χ2v) is 3.46. The summed E-state index contributed by atoms with van der Waals surface area (Å²) in [5.41, 5.74) is 0.685. The van der Waals surface area contributed by atoms with Crippen molar-refractivity contribution >= 4 is 5.91 Å². The summed E-state index contributed by atoms with van der Waals surface area (Å²) in [6.07, 6.45) is 14.0. The van der Waals surface area contributed by atoms with Crippen LogP contribution >= 0.6 is 0 Å². The number of hydrogen-bond acceptors (Lipinski definition) is 2. The van der Waals surface area contributed by atoms with Crippen LogP contribution in [0.15, 0.2) is 48.1 Å². The van der Waals surface area contributed by atoms with Gasteiger partial charge in [0.05, 0.1) is 0 Å². The van der Waals surface area contributed by atoms with Crippen LogP contribution in [0.1, 0.15) is 6.42 Å². The average molecular weight is 218 g/mol. The molecule has 0 saturated heterocycles. The molecule has 2 N–H and O–H groups in total. The summed E-state index contributed by atoms with van der Waals surface area (Å²) >= 11 is 0.